The Bertz CT molecular complexity index is 434. The van der Waals surface area contributed by atoms with Crippen LogP contribution < -0.4 is 5.32 Å². The number of rotatable bonds is 3. The van der Waals surface area contributed by atoms with E-state index in [-0.39, 0.29) is 0 Å². The summed E-state index contributed by atoms with van der Waals surface area (Å²) in [6.45, 7) is 2.96. The molecule has 2 aromatic rings. The largest absolute Gasteiger partial charge is 0.360 e. The molecular formula is C11H14N2O. The van der Waals surface area contributed by atoms with Crippen LogP contribution in [0.5, 0.6) is 0 Å². The molecule has 74 valence electrons. The molecule has 1 aromatic heterocycles. The molecule has 0 saturated carbocycles. The summed E-state index contributed by atoms with van der Waals surface area (Å²) < 4.78 is 5.31. The Hall–Kier alpha value is -1.35. The Morgan fingerprint density at radius 1 is 1.43 bits per heavy atom. The van der Waals surface area contributed by atoms with Crippen molar-refractivity contribution in [3.63, 3.8) is 0 Å². The van der Waals surface area contributed by atoms with Gasteiger partial charge in [0.15, 0.2) is 0 Å². The van der Waals surface area contributed by atoms with Gasteiger partial charge in [0, 0.05) is 18.4 Å². The second-order valence-electron chi connectivity index (χ2n) is 3.43. The van der Waals surface area contributed by atoms with E-state index in [1.165, 1.54) is 5.56 Å². The molecule has 0 fully saturated rings. The first-order valence-corrected chi connectivity index (χ1v) is 4.81. The van der Waals surface area contributed by atoms with Gasteiger partial charge < -0.3 is 9.84 Å². The van der Waals surface area contributed by atoms with Gasteiger partial charge in [0.05, 0.1) is 0 Å². The molecule has 0 aliphatic rings. The zero-order chi connectivity index (χ0) is 9.97. The molecule has 1 heterocycles. The molecule has 3 heteroatoms. The van der Waals surface area contributed by atoms with Crippen LogP contribution in [0.25, 0.3) is 10.9 Å². The van der Waals surface area contributed by atoms with Crippen LogP contribution in [0.1, 0.15) is 11.3 Å². The van der Waals surface area contributed by atoms with Gasteiger partial charge in [0.2, 0.25) is 0 Å². The second-order valence-corrected chi connectivity index (χ2v) is 3.43. The first kappa shape index (κ1) is 9.21. The summed E-state index contributed by atoms with van der Waals surface area (Å²) in [6.07, 6.45) is 0.885. The Labute approximate surface area is 83.1 Å². The van der Waals surface area contributed by atoms with Crippen LogP contribution >= 0.6 is 0 Å². The Balaban J connectivity index is 2.42. The maximum Gasteiger partial charge on any atom is 0.145 e. The van der Waals surface area contributed by atoms with Crippen molar-refractivity contribution in [3.05, 3.63) is 29.5 Å². The van der Waals surface area contributed by atoms with Crippen LogP contribution in [0.2, 0.25) is 0 Å². The van der Waals surface area contributed by atoms with Crippen LogP contribution in [0.4, 0.5) is 0 Å². The van der Waals surface area contributed by atoms with E-state index in [1.54, 1.807) is 0 Å². The van der Waals surface area contributed by atoms with E-state index in [2.05, 4.69) is 16.5 Å². The standard InChI is InChI=1S/C11H14N2O/c1-8-4-3-5-9-10(6-7-12-2)14-13-11(8)9/h3-5,12H,6-7H2,1-2H3. The first-order chi connectivity index (χ1) is 6.83. The molecule has 2 rings (SSSR count). The predicted molar refractivity (Wildman–Crippen MR) is 56.4 cm³/mol. The number of aryl methyl sites for hydroxylation is 1. The van der Waals surface area contributed by atoms with Crippen molar-refractivity contribution >= 4 is 10.9 Å². The third kappa shape index (κ3) is 1.51. The monoisotopic (exact) mass is 190 g/mol. The van der Waals surface area contributed by atoms with Crippen molar-refractivity contribution in [2.75, 3.05) is 13.6 Å². The number of hydrogen-bond donors (Lipinski definition) is 1. The normalized spacial score (nSPS) is 11.0. The molecule has 0 saturated heterocycles. The quantitative estimate of drug-likeness (QED) is 0.803. The van der Waals surface area contributed by atoms with Crippen LogP contribution in [0.15, 0.2) is 22.7 Å². The minimum absolute atomic E-state index is 0.885. The predicted octanol–water partition coefficient (Wildman–Crippen LogP) is 1.90. The van der Waals surface area contributed by atoms with Crippen molar-refractivity contribution in [2.45, 2.75) is 13.3 Å². The summed E-state index contributed by atoms with van der Waals surface area (Å²) in [5, 5.41) is 8.30. The van der Waals surface area contributed by atoms with Crippen molar-refractivity contribution in [1.29, 1.82) is 0 Å². The van der Waals surface area contributed by atoms with Gasteiger partial charge in [0.25, 0.3) is 0 Å². The minimum atomic E-state index is 0.885. The lowest BCUT2D eigenvalue weighted by Gasteiger charge is -1.95. The molecule has 0 radical (unpaired) electrons. The van der Waals surface area contributed by atoms with Crippen LogP contribution in [-0.4, -0.2) is 18.7 Å². The van der Waals surface area contributed by atoms with Crippen LogP contribution in [-0.2, 0) is 6.42 Å². The number of likely N-dealkylation sites (N-methyl/N-ethyl adjacent to an activating group) is 1. The smallest absolute Gasteiger partial charge is 0.145 e. The molecular weight excluding hydrogens is 176 g/mol. The lowest BCUT2D eigenvalue weighted by molar-refractivity contribution is 0.389. The molecule has 14 heavy (non-hydrogen) atoms. The van der Waals surface area contributed by atoms with Crippen LogP contribution in [0, 0.1) is 6.92 Å². The van der Waals surface area contributed by atoms with E-state index in [1.807, 2.05) is 26.1 Å². The van der Waals surface area contributed by atoms with E-state index in [9.17, 15) is 0 Å². The molecule has 1 N–H and O–H groups in total. The van der Waals surface area contributed by atoms with Gasteiger partial charge in [-0.15, -0.1) is 0 Å². The minimum Gasteiger partial charge on any atom is -0.360 e. The second kappa shape index (κ2) is 3.80. The van der Waals surface area contributed by atoms with Gasteiger partial charge >= 0.3 is 0 Å². The number of nitrogens with one attached hydrogen (secondary N) is 1. The molecule has 0 spiro atoms. The van der Waals surface area contributed by atoms with Gasteiger partial charge in [-0.3, -0.25) is 0 Å². The topological polar surface area (TPSA) is 38.1 Å². The summed E-state index contributed by atoms with van der Waals surface area (Å²) >= 11 is 0. The zero-order valence-electron chi connectivity index (χ0n) is 8.50. The summed E-state index contributed by atoms with van der Waals surface area (Å²) in [5.74, 6) is 0.970. The highest BCUT2D eigenvalue weighted by atomic mass is 16.5. The molecule has 1 aromatic carbocycles. The molecule has 3 nitrogen and oxygen atoms in total. The maximum absolute atomic E-state index is 5.31. The fraction of sp³-hybridized carbons (Fsp3) is 0.364. The molecule has 0 atom stereocenters. The molecule has 0 bridgehead atoms. The highest BCUT2D eigenvalue weighted by Gasteiger charge is 2.08. The maximum atomic E-state index is 5.31. The van der Waals surface area contributed by atoms with Crippen molar-refractivity contribution < 1.29 is 4.52 Å². The van der Waals surface area contributed by atoms with E-state index in [4.69, 9.17) is 4.52 Å². The lowest BCUT2D eigenvalue weighted by Crippen LogP contribution is -2.09. The summed E-state index contributed by atoms with van der Waals surface area (Å²) in [4.78, 5) is 0. The summed E-state index contributed by atoms with van der Waals surface area (Å²) in [5.41, 5.74) is 2.15. The van der Waals surface area contributed by atoms with Crippen LogP contribution in [0.3, 0.4) is 0 Å². The molecule has 0 aliphatic carbocycles. The van der Waals surface area contributed by atoms with Gasteiger partial charge in [0.1, 0.15) is 11.3 Å². The number of hydrogen-bond acceptors (Lipinski definition) is 3. The fourth-order valence-corrected chi connectivity index (χ4v) is 1.57. The fourth-order valence-electron chi connectivity index (χ4n) is 1.57. The number of nitrogens with zero attached hydrogens (tertiary/aromatic N) is 1. The molecule has 0 amide bonds. The first-order valence-electron chi connectivity index (χ1n) is 4.81. The lowest BCUT2D eigenvalue weighted by atomic mass is 10.1. The molecule has 0 aliphatic heterocycles. The molecule has 0 unspecified atom stereocenters. The third-order valence-electron chi connectivity index (χ3n) is 2.39. The summed E-state index contributed by atoms with van der Waals surface area (Å²) in [7, 11) is 1.93. The number of benzene rings is 1. The van der Waals surface area contributed by atoms with Gasteiger partial charge in [-0.25, -0.2) is 0 Å². The highest BCUT2D eigenvalue weighted by molar-refractivity contribution is 5.83. The van der Waals surface area contributed by atoms with E-state index in [0.717, 1.165) is 29.6 Å². The Morgan fingerprint density at radius 3 is 3.07 bits per heavy atom. The average molecular weight is 190 g/mol. The van der Waals surface area contributed by atoms with E-state index >= 15 is 0 Å². The van der Waals surface area contributed by atoms with Gasteiger partial charge in [-0.1, -0.05) is 17.3 Å². The van der Waals surface area contributed by atoms with E-state index < -0.39 is 0 Å². The van der Waals surface area contributed by atoms with E-state index in [0.29, 0.717) is 0 Å². The van der Waals surface area contributed by atoms with Gasteiger partial charge in [-0.05, 0) is 25.6 Å². The number of fused-ring (bicyclic) bond motifs is 1. The Morgan fingerprint density at radius 2 is 2.29 bits per heavy atom. The zero-order valence-corrected chi connectivity index (χ0v) is 8.50. The SMILES string of the molecule is CNCCc1onc2c(C)cccc12. The van der Waals surface area contributed by atoms with Crippen molar-refractivity contribution in [1.82, 2.24) is 10.5 Å². The summed E-state index contributed by atoms with van der Waals surface area (Å²) in [6, 6.07) is 6.15. The Kier molecular flexibility index (Phi) is 2.50. The third-order valence-corrected chi connectivity index (χ3v) is 2.39. The highest BCUT2D eigenvalue weighted by Crippen LogP contribution is 2.21. The van der Waals surface area contributed by atoms with Crippen molar-refractivity contribution in [2.24, 2.45) is 0 Å². The number of aromatic nitrogens is 1. The average Bonchev–Trinajstić information content (AvgIpc) is 2.60. The van der Waals surface area contributed by atoms with Crippen molar-refractivity contribution in [3.8, 4) is 0 Å². The van der Waals surface area contributed by atoms with Gasteiger partial charge in [-0.2, -0.15) is 0 Å².